The van der Waals surface area contributed by atoms with E-state index < -0.39 is 0 Å². The van der Waals surface area contributed by atoms with Gasteiger partial charge in [0.25, 0.3) is 5.91 Å². The summed E-state index contributed by atoms with van der Waals surface area (Å²) in [5.41, 5.74) is 2.25. The zero-order chi connectivity index (χ0) is 18.8. The first kappa shape index (κ1) is 18.0. The van der Waals surface area contributed by atoms with Crippen LogP contribution in [0.4, 0.5) is 0 Å². The highest BCUT2D eigenvalue weighted by Gasteiger charge is 2.23. The molecule has 1 aliphatic heterocycles. The van der Waals surface area contributed by atoms with Gasteiger partial charge in [0.15, 0.2) is 11.5 Å². The SMILES string of the molecule is CSCCC(NC(=O)c1cc(Cl)c2c(c1)OCO2)c1nc2ccccc2[nH]1. The Kier molecular flexibility index (Phi) is 5.13. The number of hydrogen-bond acceptors (Lipinski definition) is 5. The molecule has 1 aliphatic rings. The molecule has 2 heterocycles. The third kappa shape index (κ3) is 3.70. The summed E-state index contributed by atoms with van der Waals surface area (Å²) in [6.45, 7) is 0.107. The number of carbonyl (C=O) groups excluding carboxylic acids is 1. The van der Waals surface area contributed by atoms with Crippen LogP contribution in [0.5, 0.6) is 11.5 Å². The van der Waals surface area contributed by atoms with E-state index in [-0.39, 0.29) is 18.7 Å². The Balaban J connectivity index is 1.60. The Hall–Kier alpha value is -2.38. The lowest BCUT2D eigenvalue weighted by Gasteiger charge is -2.16. The van der Waals surface area contributed by atoms with Crippen LogP contribution in [0.2, 0.25) is 5.02 Å². The number of carbonyl (C=O) groups is 1. The molecule has 6 nitrogen and oxygen atoms in total. The predicted molar refractivity (Wildman–Crippen MR) is 107 cm³/mol. The van der Waals surface area contributed by atoms with Gasteiger partial charge in [0.05, 0.1) is 22.1 Å². The summed E-state index contributed by atoms with van der Waals surface area (Å²) in [6, 6.07) is 10.8. The van der Waals surface area contributed by atoms with E-state index in [0.717, 1.165) is 29.0 Å². The summed E-state index contributed by atoms with van der Waals surface area (Å²) in [6.07, 6.45) is 2.79. The lowest BCUT2D eigenvalue weighted by atomic mass is 10.1. The summed E-state index contributed by atoms with van der Waals surface area (Å²) in [4.78, 5) is 20.8. The van der Waals surface area contributed by atoms with Gasteiger partial charge in [-0.25, -0.2) is 4.98 Å². The number of rotatable bonds is 6. The Morgan fingerprint density at radius 1 is 1.37 bits per heavy atom. The molecule has 8 heteroatoms. The van der Waals surface area contributed by atoms with E-state index in [4.69, 9.17) is 21.1 Å². The molecule has 1 aromatic heterocycles. The quantitative estimate of drug-likeness (QED) is 0.646. The summed E-state index contributed by atoms with van der Waals surface area (Å²) in [5, 5.41) is 3.42. The molecule has 3 aromatic rings. The van der Waals surface area contributed by atoms with Crippen molar-refractivity contribution in [2.24, 2.45) is 0 Å². The average Bonchev–Trinajstić information content (AvgIpc) is 3.31. The Morgan fingerprint density at radius 2 is 2.22 bits per heavy atom. The van der Waals surface area contributed by atoms with Crippen molar-refractivity contribution >= 4 is 40.3 Å². The maximum Gasteiger partial charge on any atom is 0.252 e. The third-order valence-electron chi connectivity index (χ3n) is 4.34. The minimum absolute atomic E-state index is 0.107. The van der Waals surface area contributed by atoms with Gasteiger partial charge in [-0.1, -0.05) is 23.7 Å². The normalized spacial score (nSPS) is 13.7. The Bertz CT molecular complexity index is 958. The van der Waals surface area contributed by atoms with Crippen LogP contribution in [0.3, 0.4) is 0 Å². The van der Waals surface area contributed by atoms with Crippen LogP contribution < -0.4 is 14.8 Å². The standard InChI is InChI=1S/C19H18ClN3O3S/c1-27-7-6-15(18-21-13-4-2-3-5-14(13)22-18)23-19(24)11-8-12(20)17-16(9-11)25-10-26-17/h2-5,8-9,15H,6-7,10H2,1H3,(H,21,22)(H,23,24). The number of halogens is 1. The number of benzene rings is 2. The number of para-hydroxylation sites is 2. The zero-order valence-electron chi connectivity index (χ0n) is 14.6. The molecule has 4 rings (SSSR count). The molecule has 0 saturated heterocycles. The number of nitrogens with zero attached hydrogens (tertiary/aromatic N) is 1. The number of aromatic nitrogens is 2. The maximum absolute atomic E-state index is 12.8. The van der Waals surface area contributed by atoms with Crippen LogP contribution in [0.15, 0.2) is 36.4 Å². The number of thioether (sulfide) groups is 1. The number of hydrogen-bond donors (Lipinski definition) is 2. The molecule has 1 unspecified atom stereocenters. The largest absolute Gasteiger partial charge is 0.454 e. The highest BCUT2D eigenvalue weighted by atomic mass is 35.5. The van der Waals surface area contributed by atoms with Gasteiger partial charge in [0.2, 0.25) is 6.79 Å². The van der Waals surface area contributed by atoms with Gasteiger partial charge in [0.1, 0.15) is 5.82 Å². The van der Waals surface area contributed by atoms with E-state index in [1.807, 2.05) is 30.5 Å². The van der Waals surface area contributed by atoms with Gasteiger partial charge in [-0.15, -0.1) is 0 Å². The van der Waals surface area contributed by atoms with Crippen LogP contribution in [0.1, 0.15) is 28.6 Å². The lowest BCUT2D eigenvalue weighted by Crippen LogP contribution is -2.29. The fraction of sp³-hybridized carbons (Fsp3) is 0.263. The second-order valence-electron chi connectivity index (χ2n) is 6.14. The van der Waals surface area contributed by atoms with Crippen LogP contribution in [-0.4, -0.2) is 34.7 Å². The molecule has 1 atom stereocenters. The molecule has 0 aliphatic carbocycles. The predicted octanol–water partition coefficient (Wildman–Crippen LogP) is 4.17. The molecule has 2 N–H and O–H groups in total. The molecule has 2 aromatic carbocycles. The highest BCUT2D eigenvalue weighted by molar-refractivity contribution is 7.98. The van der Waals surface area contributed by atoms with E-state index in [2.05, 4.69) is 15.3 Å². The van der Waals surface area contributed by atoms with E-state index >= 15 is 0 Å². The van der Waals surface area contributed by atoms with E-state index in [1.165, 1.54) is 0 Å². The van der Waals surface area contributed by atoms with E-state index in [0.29, 0.717) is 22.1 Å². The first-order valence-corrected chi connectivity index (χ1v) is 10.3. The summed E-state index contributed by atoms with van der Waals surface area (Å²) in [5.74, 6) is 2.36. The monoisotopic (exact) mass is 403 g/mol. The number of fused-ring (bicyclic) bond motifs is 2. The molecule has 27 heavy (non-hydrogen) atoms. The maximum atomic E-state index is 12.8. The average molecular weight is 404 g/mol. The van der Waals surface area contributed by atoms with E-state index in [1.54, 1.807) is 23.9 Å². The van der Waals surface area contributed by atoms with Gasteiger partial charge >= 0.3 is 0 Å². The molecule has 140 valence electrons. The van der Waals surface area contributed by atoms with Gasteiger partial charge in [-0.2, -0.15) is 11.8 Å². The summed E-state index contributed by atoms with van der Waals surface area (Å²) < 4.78 is 10.7. The van der Waals surface area contributed by atoms with Gasteiger partial charge in [-0.05, 0) is 42.7 Å². The number of amides is 1. The summed E-state index contributed by atoms with van der Waals surface area (Å²) >= 11 is 7.93. The fourth-order valence-electron chi connectivity index (χ4n) is 2.99. The minimum atomic E-state index is -0.235. The van der Waals surface area contributed by atoms with Crippen molar-refractivity contribution in [1.82, 2.24) is 15.3 Å². The van der Waals surface area contributed by atoms with Crippen LogP contribution in [0.25, 0.3) is 11.0 Å². The van der Waals surface area contributed by atoms with Crippen LogP contribution >= 0.6 is 23.4 Å². The molecular weight excluding hydrogens is 386 g/mol. The zero-order valence-corrected chi connectivity index (χ0v) is 16.2. The smallest absolute Gasteiger partial charge is 0.252 e. The van der Waals surface area contributed by atoms with Crippen molar-refractivity contribution in [3.8, 4) is 11.5 Å². The molecule has 0 bridgehead atoms. The van der Waals surface area contributed by atoms with E-state index in [9.17, 15) is 4.79 Å². The fourth-order valence-corrected chi connectivity index (χ4v) is 3.73. The molecule has 0 spiro atoms. The number of imidazole rings is 1. The van der Waals surface area contributed by atoms with Crippen molar-refractivity contribution in [2.75, 3.05) is 18.8 Å². The number of H-pyrrole nitrogens is 1. The molecule has 1 amide bonds. The van der Waals surface area contributed by atoms with Crippen LogP contribution in [0, 0.1) is 0 Å². The van der Waals surface area contributed by atoms with Gasteiger partial charge < -0.3 is 19.8 Å². The number of nitrogens with one attached hydrogen (secondary N) is 2. The number of ether oxygens (including phenoxy) is 2. The van der Waals surface area contributed by atoms with Crippen LogP contribution in [-0.2, 0) is 0 Å². The summed E-state index contributed by atoms with van der Waals surface area (Å²) in [7, 11) is 0. The minimum Gasteiger partial charge on any atom is -0.454 e. The van der Waals surface area contributed by atoms with Crippen molar-refractivity contribution in [2.45, 2.75) is 12.5 Å². The molecule has 0 saturated carbocycles. The highest BCUT2D eigenvalue weighted by Crippen LogP contribution is 2.39. The molecular formula is C19H18ClN3O3S. The Morgan fingerprint density at radius 3 is 3.04 bits per heavy atom. The molecule has 0 fully saturated rings. The molecule has 0 radical (unpaired) electrons. The van der Waals surface area contributed by atoms with Gasteiger partial charge in [-0.3, -0.25) is 4.79 Å². The topological polar surface area (TPSA) is 76.2 Å². The van der Waals surface area contributed by atoms with Crippen molar-refractivity contribution < 1.29 is 14.3 Å². The van der Waals surface area contributed by atoms with Crippen molar-refractivity contribution in [3.63, 3.8) is 0 Å². The second-order valence-corrected chi connectivity index (χ2v) is 7.53. The van der Waals surface area contributed by atoms with Gasteiger partial charge in [0, 0.05) is 5.56 Å². The Labute approximate surface area is 165 Å². The number of aromatic amines is 1. The first-order valence-electron chi connectivity index (χ1n) is 8.49. The first-order chi connectivity index (χ1) is 13.2. The van der Waals surface area contributed by atoms with Crippen molar-refractivity contribution in [3.05, 3.63) is 52.8 Å². The lowest BCUT2D eigenvalue weighted by molar-refractivity contribution is 0.0933. The third-order valence-corrected chi connectivity index (χ3v) is 5.27. The van der Waals surface area contributed by atoms with Crippen molar-refractivity contribution in [1.29, 1.82) is 0 Å². The second kappa shape index (κ2) is 7.70.